The minimum Gasteiger partial charge on any atom is -0.491 e. The molecule has 1 unspecified atom stereocenters. The standard InChI is InChI=1S/C27H30N8O3/c1-4-34(17-8-6-5-7-9-17)27(36)21-16-29-12-13-35(21)22-18(14-19(28)23(37-2)24(22)38-3)25-32-15-20-26(33-25)31-11-10-30-20/h5-11,14-15,21,29H,4,12-13,16,28H2,1-3H3. The Morgan fingerprint density at radius 2 is 1.89 bits per heavy atom. The van der Waals surface area contributed by atoms with Gasteiger partial charge in [-0.25, -0.2) is 19.9 Å². The lowest BCUT2D eigenvalue weighted by Gasteiger charge is -2.40. The van der Waals surface area contributed by atoms with E-state index < -0.39 is 6.04 Å². The lowest BCUT2D eigenvalue weighted by Crippen LogP contribution is -2.59. The molecule has 5 rings (SSSR count). The topological polar surface area (TPSA) is 132 Å². The average molecular weight is 515 g/mol. The van der Waals surface area contributed by atoms with Gasteiger partial charge in [0.15, 0.2) is 23.0 Å². The predicted octanol–water partition coefficient (Wildman–Crippen LogP) is 2.52. The first kappa shape index (κ1) is 25.2. The van der Waals surface area contributed by atoms with E-state index >= 15 is 0 Å². The number of rotatable bonds is 7. The van der Waals surface area contributed by atoms with Crippen LogP contribution >= 0.6 is 0 Å². The number of carbonyl (C=O) groups excluding carboxylic acids is 1. The van der Waals surface area contributed by atoms with Crippen molar-refractivity contribution < 1.29 is 14.3 Å². The third-order valence-corrected chi connectivity index (χ3v) is 6.58. The molecule has 4 aromatic rings. The quantitative estimate of drug-likeness (QED) is 0.355. The number of piperazine rings is 1. The molecule has 11 nitrogen and oxygen atoms in total. The Morgan fingerprint density at radius 1 is 1.13 bits per heavy atom. The van der Waals surface area contributed by atoms with Gasteiger partial charge in [0.05, 0.1) is 31.8 Å². The molecule has 0 saturated carbocycles. The van der Waals surface area contributed by atoms with Crippen LogP contribution in [0.4, 0.5) is 17.1 Å². The van der Waals surface area contributed by atoms with Crippen LogP contribution in [0.15, 0.2) is 55.0 Å². The van der Waals surface area contributed by atoms with Gasteiger partial charge in [0.25, 0.3) is 5.91 Å². The van der Waals surface area contributed by atoms with Crippen molar-refractivity contribution in [2.24, 2.45) is 0 Å². The van der Waals surface area contributed by atoms with Gasteiger partial charge in [0, 0.05) is 49.8 Å². The van der Waals surface area contributed by atoms with Crippen LogP contribution in [0.1, 0.15) is 6.92 Å². The number of methoxy groups -OCH3 is 2. The molecule has 38 heavy (non-hydrogen) atoms. The fourth-order valence-electron chi connectivity index (χ4n) is 4.85. The Hall–Kier alpha value is -4.51. The van der Waals surface area contributed by atoms with Crippen LogP contribution in [-0.2, 0) is 4.79 Å². The molecule has 0 radical (unpaired) electrons. The van der Waals surface area contributed by atoms with Crippen molar-refractivity contribution in [1.29, 1.82) is 0 Å². The fourth-order valence-corrected chi connectivity index (χ4v) is 4.85. The van der Waals surface area contributed by atoms with Crippen molar-refractivity contribution in [3.8, 4) is 22.9 Å². The first-order valence-electron chi connectivity index (χ1n) is 12.4. The van der Waals surface area contributed by atoms with Crippen molar-refractivity contribution in [3.63, 3.8) is 0 Å². The Balaban J connectivity index is 1.68. The molecule has 1 fully saturated rings. The lowest BCUT2D eigenvalue weighted by atomic mass is 10.0. The van der Waals surface area contributed by atoms with Gasteiger partial charge in [0.1, 0.15) is 11.6 Å². The molecule has 1 aliphatic heterocycles. The number of nitrogens with two attached hydrogens (primary N) is 1. The predicted molar refractivity (Wildman–Crippen MR) is 147 cm³/mol. The summed E-state index contributed by atoms with van der Waals surface area (Å²) in [5.74, 6) is 1.14. The van der Waals surface area contributed by atoms with E-state index in [1.165, 1.54) is 7.11 Å². The second-order valence-corrected chi connectivity index (χ2v) is 8.72. The maximum absolute atomic E-state index is 14.1. The van der Waals surface area contributed by atoms with Crippen LogP contribution in [0.2, 0.25) is 0 Å². The molecule has 0 bridgehead atoms. The zero-order valence-electron chi connectivity index (χ0n) is 21.6. The maximum atomic E-state index is 14.1. The van der Waals surface area contributed by atoms with Crippen molar-refractivity contribution in [3.05, 3.63) is 55.0 Å². The number of para-hydroxylation sites is 1. The van der Waals surface area contributed by atoms with E-state index in [1.54, 1.807) is 36.7 Å². The van der Waals surface area contributed by atoms with Gasteiger partial charge in [0.2, 0.25) is 0 Å². The number of likely N-dealkylation sites (N-methyl/N-ethyl adjacent to an activating group) is 1. The number of anilines is 3. The molecule has 11 heteroatoms. The largest absolute Gasteiger partial charge is 0.491 e. The molecular weight excluding hydrogens is 484 g/mol. The molecule has 1 atom stereocenters. The second-order valence-electron chi connectivity index (χ2n) is 8.72. The number of benzene rings is 2. The summed E-state index contributed by atoms with van der Waals surface area (Å²) in [6.45, 7) is 4.14. The van der Waals surface area contributed by atoms with Crippen LogP contribution in [0.3, 0.4) is 0 Å². The highest BCUT2D eigenvalue weighted by atomic mass is 16.5. The van der Waals surface area contributed by atoms with E-state index in [9.17, 15) is 4.79 Å². The van der Waals surface area contributed by atoms with Crippen molar-refractivity contribution in [2.75, 3.05) is 55.9 Å². The van der Waals surface area contributed by atoms with Gasteiger partial charge in [-0.3, -0.25) is 4.79 Å². The number of ether oxygens (including phenoxy) is 2. The highest BCUT2D eigenvalue weighted by Gasteiger charge is 2.37. The minimum absolute atomic E-state index is 0.0417. The third-order valence-electron chi connectivity index (χ3n) is 6.58. The Kier molecular flexibility index (Phi) is 7.18. The summed E-state index contributed by atoms with van der Waals surface area (Å²) in [7, 11) is 3.09. The number of nitrogens with one attached hydrogen (secondary N) is 1. The summed E-state index contributed by atoms with van der Waals surface area (Å²) in [4.78, 5) is 35.7. The molecule has 3 N–H and O–H groups in total. The Bertz CT molecular complexity index is 1450. The second kappa shape index (κ2) is 10.9. The highest BCUT2D eigenvalue weighted by Crippen LogP contribution is 2.48. The zero-order valence-corrected chi connectivity index (χ0v) is 21.6. The fraction of sp³-hybridized carbons (Fsp3) is 0.296. The lowest BCUT2D eigenvalue weighted by molar-refractivity contribution is -0.120. The molecule has 1 aliphatic rings. The van der Waals surface area contributed by atoms with Crippen molar-refractivity contribution in [1.82, 2.24) is 25.3 Å². The normalized spacial score (nSPS) is 15.3. The number of aromatic nitrogens is 4. The summed E-state index contributed by atoms with van der Waals surface area (Å²) in [6.07, 6.45) is 4.79. The van der Waals surface area contributed by atoms with Crippen LogP contribution in [0.5, 0.6) is 11.5 Å². The smallest absolute Gasteiger partial charge is 0.251 e. The monoisotopic (exact) mass is 514 g/mol. The molecule has 1 amide bonds. The molecule has 2 aromatic carbocycles. The number of nitrogen functional groups attached to an aromatic ring is 1. The SMILES string of the molecule is CCN(C(=O)C1CNCCN1c1c(-c2ncc3nccnc3n2)cc(N)c(OC)c1OC)c1ccccc1. The van der Waals surface area contributed by atoms with E-state index in [2.05, 4.69) is 25.3 Å². The van der Waals surface area contributed by atoms with Crippen LogP contribution in [0, 0.1) is 0 Å². The number of fused-ring (bicyclic) bond motifs is 1. The first-order chi connectivity index (χ1) is 18.6. The molecule has 0 aliphatic carbocycles. The molecule has 196 valence electrons. The number of nitrogens with zero attached hydrogens (tertiary/aromatic N) is 6. The number of hydrogen-bond donors (Lipinski definition) is 2. The van der Waals surface area contributed by atoms with E-state index in [0.717, 1.165) is 5.69 Å². The van der Waals surface area contributed by atoms with Crippen molar-refractivity contribution >= 4 is 34.1 Å². The summed E-state index contributed by atoms with van der Waals surface area (Å²) < 4.78 is 11.5. The summed E-state index contributed by atoms with van der Waals surface area (Å²) in [5.41, 5.74) is 9.86. The van der Waals surface area contributed by atoms with Gasteiger partial charge in [-0.1, -0.05) is 18.2 Å². The third kappa shape index (κ3) is 4.52. The Morgan fingerprint density at radius 3 is 2.63 bits per heavy atom. The van der Waals surface area contributed by atoms with Crippen LogP contribution in [-0.4, -0.2) is 72.3 Å². The summed E-state index contributed by atoms with van der Waals surface area (Å²) >= 11 is 0. The van der Waals surface area contributed by atoms with E-state index in [-0.39, 0.29) is 5.91 Å². The zero-order chi connectivity index (χ0) is 26.6. The van der Waals surface area contributed by atoms with Gasteiger partial charge in [-0.05, 0) is 25.1 Å². The molecule has 0 spiro atoms. The number of carbonyl (C=O) groups is 1. The Labute approximate surface area is 220 Å². The average Bonchev–Trinajstić information content (AvgIpc) is 2.97. The van der Waals surface area contributed by atoms with E-state index in [4.69, 9.17) is 15.2 Å². The van der Waals surface area contributed by atoms with Gasteiger partial charge >= 0.3 is 0 Å². The minimum atomic E-state index is -0.537. The van der Waals surface area contributed by atoms with Crippen molar-refractivity contribution in [2.45, 2.75) is 13.0 Å². The molecule has 1 saturated heterocycles. The number of amides is 1. The van der Waals surface area contributed by atoms with Gasteiger partial charge < -0.3 is 30.3 Å². The van der Waals surface area contributed by atoms with E-state index in [1.807, 2.05) is 42.2 Å². The van der Waals surface area contributed by atoms with Crippen LogP contribution < -0.4 is 30.3 Å². The van der Waals surface area contributed by atoms with Crippen LogP contribution in [0.25, 0.3) is 22.6 Å². The molecule has 3 heterocycles. The highest BCUT2D eigenvalue weighted by molar-refractivity contribution is 6.01. The molecule has 2 aromatic heterocycles. The summed E-state index contributed by atoms with van der Waals surface area (Å²) in [6, 6.07) is 10.9. The molecular formula is C27H30N8O3. The first-order valence-corrected chi connectivity index (χ1v) is 12.4. The van der Waals surface area contributed by atoms with E-state index in [0.29, 0.717) is 71.6 Å². The summed E-state index contributed by atoms with van der Waals surface area (Å²) in [5, 5.41) is 3.37. The van der Waals surface area contributed by atoms with Gasteiger partial charge in [-0.2, -0.15) is 0 Å². The van der Waals surface area contributed by atoms with Gasteiger partial charge in [-0.15, -0.1) is 0 Å². The number of hydrogen-bond acceptors (Lipinski definition) is 10. The maximum Gasteiger partial charge on any atom is 0.251 e.